The fourth-order valence-electron chi connectivity index (χ4n) is 6.73. The average molecular weight is 551 g/mol. The van der Waals surface area contributed by atoms with Gasteiger partial charge in [-0.25, -0.2) is 0 Å². The summed E-state index contributed by atoms with van der Waals surface area (Å²) < 4.78 is 72.1. The summed E-state index contributed by atoms with van der Waals surface area (Å²) >= 11 is 0. The van der Waals surface area contributed by atoms with Gasteiger partial charge in [-0.1, -0.05) is 70.4 Å². The highest BCUT2D eigenvalue weighted by molar-refractivity contribution is 5.31. The van der Waals surface area contributed by atoms with Gasteiger partial charge in [-0.2, -0.15) is 22.0 Å². The minimum Gasteiger partial charge on any atom is -0.429 e. The van der Waals surface area contributed by atoms with Crippen molar-refractivity contribution < 1.29 is 26.7 Å². The van der Waals surface area contributed by atoms with E-state index in [2.05, 4.69) is 6.92 Å². The fourth-order valence-corrected chi connectivity index (χ4v) is 6.73. The van der Waals surface area contributed by atoms with E-state index < -0.39 is 17.8 Å². The normalized spacial score (nSPS) is 24.5. The molecule has 0 heterocycles. The van der Waals surface area contributed by atoms with Crippen molar-refractivity contribution in [1.82, 2.24) is 0 Å². The molecule has 216 valence electrons. The van der Waals surface area contributed by atoms with Crippen molar-refractivity contribution in [1.29, 1.82) is 0 Å². The number of rotatable bonds is 11. The minimum atomic E-state index is -4.52. The van der Waals surface area contributed by atoms with E-state index in [0.29, 0.717) is 5.92 Å². The Balaban J connectivity index is 1.18. The Morgan fingerprint density at radius 2 is 1.15 bits per heavy atom. The molecule has 4 rings (SSSR count). The first-order chi connectivity index (χ1) is 18.6. The third-order valence-electron chi connectivity index (χ3n) is 9.22. The molecular weight excluding hydrogens is 507 g/mol. The van der Waals surface area contributed by atoms with Crippen LogP contribution in [0.2, 0.25) is 0 Å². The molecule has 0 radical (unpaired) electrons. The van der Waals surface area contributed by atoms with Gasteiger partial charge in [0.1, 0.15) is 5.75 Å². The summed E-state index contributed by atoms with van der Waals surface area (Å²) in [5.74, 6) is 3.17. The molecule has 2 aliphatic carbocycles. The second-order valence-corrected chi connectivity index (χ2v) is 11.9. The zero-order valence-corrected chi connectivity index (χ0v) is 23.1. The molecule has 6 heteroatoms. The van der Waals surface area contributed by atoms with Gasteiger partial charge in [0.25, 0.3) is 0 Å². The highest BCUT2D eigenvalue weighted by atomic mass is 19.4. The van der Waals surface area contributed by atoms with E-state index in [0.717, 1.165) is 60.4 Å². The lowest BCUT2D eigenvalue weighted by Crippen LogP contribution is -2.26. The van der Waals surface area contributed by atoms with Gasteiger partial charge in [-0.05, 0) is 104 Å². The fraction of sp³-hybridized carbons (Fsp3) is 0.636. The lowest BCUT2D eigenvalue weighted by molar-refractivity contribution is -0.185. The highest BCUT2D eigenvalue weighted by Crippen LogP contribution is 2.43. The molecule has 0 aliphatic heterocycles. The quantitative estimate of drug-likeness (QED) is 0.200. The molecule has 1 nitrogen and oxygen atoms in total. The molecule has 0 aromatic heterocycles. The van der Waals surface area contributed by atoms with E-state index in [4.69, 9.17) is 4.74 Å². The van der Waals surface area contributed by atoms with Gasteiger partial charge in [0, 0.05) is 0 Å². The number of ether oxygens (including phenoxy) is 1. The number of halogens is 5. The summed E-state index contributed by atoms with van der Waals surface area (Å²) in [6.45, 7) is 2.28. The maximum Gasteiger partial charge on any atom is 0.426 e. The topological polar surface area (TPSA) is 9.23 Å². The standard InChI is InChI=1S/C33H43F5O/c1-2-3-4-5-24-8-14-27(15-9-24)28-16-10-25(11-17-28)6-7-26-12-18-30(19-13-26)33(37,38)39-31-22-20-29(21-23-31)32(34,35)36/h12-13,18-25,27-28H,2-11,14-17H2,1H3. The summed E-state index contributed by atoms with van der Waals surface area (Å²) in [7, 11) is 0. The molecule has 0 saturated heterocycles. The lowest BCUT2D eigenvalue weighted by atomic mass is 9.68. The van der Waals surface area contributed by atoms with E-state index in [1.807, 2.05) is 0 Å². The molecule has 0 atom stereocenters. The van der Waals surface area contributed by atoms with Crippen LogP contribution in [0.15, 0.2) is 48.5 Å². The Morgan fingerprint density at radius 1 is 0.641 bits per heavy atom. The first-order valence-electron chi connectivity index (χ1n) is 15.0. The molecule has 2 fully saturated rings. The second kappa shape index (κ2) is 13.5. The molecule has 0 amide bonds. The van der Waals surface area contributed by atoms with Crippen LogP contribution in [0.25, 0.3) is 0 Å². The Kier molecular flexibility index (Phi) is 10.3. The van der Waals surface area contributed by atoms with Gasteiger partial charge < -0.3 is 4.74 Å². The number of hydrogen-bond acceptors (Lipinski definition) is 1. The van der Waals surface area contributed by atoms with Crippen LogP contribution in [0.1, 0.15) is 107 Å². The SMILES string of the molecule is CCCCCC1CCC(C2CCC(CCc3ccc(C(F)(F)Oc4ccc(C(F)(F)F)cc4)cc3)CC2)CC1. The van der Waals surface area contributed by atoms with E-state index in [9.17, 15) is 22.0 Å². The summed E-state index contributed by atoms with van der Waals surface area (Å²) in [5.41, 5.74) is -0.198. The maximum atomic E-state index is 14.6. The van der Waals surface area contributed by atoms with Crippen LogP contribution in [0.4, 0.5) is 22.0 Å². The van der Waals surface area contributed by atoms with Crippen molar-refractivity contribution in [3.8, 4) is 5.75 Å². The van der Waals surface area contributed by atoms with E-state index >= 15 is 0 Å². The Morgan fingerprint density at radius 3 is 1.67 bits per heavy atom. The van der Waals surface area contributed by atoms with Crippen LogP contribution in [-0.2, 0) is 18.7 Å². The second-order valence-electron chi connectivity index (χ2n) is 11.9. The smallest absolute Gasteiger partial charge is 0.426 e. The Labute approximate surface area is 230 Å². The molecule has 2 saturated carbocycles. The van der Waals surface area contributed by atoms with Crippen LogP contribution in [0, 0.1) is 23.7 Å². The Hall–Kier alpha value is -2.11. The third kappa shape index (κ3) is 8.69. The summed E-state index contributed by atoms with van der Waals surface area (Å²) in [6.07, 6.45) is 10.2. The van der Waals surface area contributed by atoms with Gasteiger partial charge in [0.15, 0.2) is 0 Å². The molecule has 0 spiro atoms. The largest absolute Gasteiger partial charge is 0.429 e. The lowest BCUT2D eigenvalue weighted by Gasteiger charge is -2.38. The predicted octanol–water partition coefficient (Wildman–Crippen LogP) is 11.0. The van der Waals surface area contributed by atoms with Crippen LogP contribution >= 0.6 is 0 Å². The van der Waals surface area contributed by atoms with E-state index in [1.54, 1.807) is 12.1 Å². The van der Waals surface area contributed by atoms with Gasteiger partial charge in [0.05, 0.1) is 11.1 Å². The van der Waals surface area contributed by atoms with E-state index in [-0.39, 0.29) is 11.3 Å². The molecule has 0 unspecified atom stereocenters. The highest BCUT2D eigenvalue weighted by Gasteiger charge is 2.36. The van der Waals surface area contributed by atoms with Crippen molar-refractivity contribution in [2.75, 3.05) is 0 Å². The minimum absolute atomic E-state index is 0.312. The number of benzene rings is 2. The van der Waals surface area contributed by atoms with Crippen molar-refractivity contribution in [2.45, 2.75) is 109 Å². The van der Waals surface area contributed by atoms with Gasteiger partial charge in [0.2, 0.25) is 0 Å². The van der Waals surface area contributed by atoms with Crippen LogP contribution in [0.3, 0.4) is 0 Å². The Bertz CT molecular complexity index is 982. The van der Waals surface area contributed by atoms with Gasteiger partial charge in [-0.3, -0.25) is 0 Å². The van der Waals surface area contributed by atoms with Gasteiger partial charge >= 0.3 is 12.3 Å². The number of unbranched alkanes of at least 4 members (excludes halogenated alkanes) is 2. The van der Waals surface area contributed by atoms with Crippen LogP contribution in [-0.4, -0.2) is 0 Å². The average Bonchev–Trinajstić information content (AvgIpc) is 2.93. The first kappa shape index (κ1) is 29.9. The summed E-state index contributed by atoms with van der Waals surface area (Å²) in [6, 6.07) is 9.45. The monoisotopic (exact) mass is 550 g/mol. The zero-order valence-electron chi connectivity index (χ0n) is 23.1. The van der Waals surface area contributed by atoms with Crippen LogP contribution in [0.5, 0.6) is 5.75 Å². The van der Waals surface area contributed by atoms with Crippen molar-refractivity contribution in [3.05, 3.63) is 65.2 Å². The zero-order chi connectivity index (χ0) is 27.9. The molecule has 2 aromatic carbocycles. The maximum absolute atomic E-state index is 14.6. The van der Waals surface area contributed by atoms with E-state index in [1.165, 1.54) is 89.2 Å². The number of aryl methyl sites for hydroxylation is 1. The molecule has 39 heavy (non-hydrogen) atoms. The molecule has 2 aliphatic rings. The summed E-state index contributed by atoms with van der Waals surface area (Å²) in [5, 5.41) is 0. The number of hydrogen-bond donors (Lipinski definition) is 0. The molecule has 0 bridgehead atoms. The van der Waals surface area contributed by atoms with Gasteiger partial charge in [-0.15, -0.1) is 0 Å². The van der Waals surface area contributed by atoms with Crippen molar-refractivity contribution in [2.24, 2.45) is 23.7 Å². The molecule has 2 aromatic rings. The third-order valence-corrected chi connectivity index (χ3v) is 9.22. The predicted molar refractivity (Wildman–Crippen MR) is 146 cm³/mol. The molecule has 0 N–H and O–H groups in total. The number of alkyl halides is 5. The molecular formula is C33H43F5O. The first-order valence-corrected chi connectivity index (χ1v) is 15.0. The van der Waals surface area contributed by atoms with Crippen molar-refractivity contribution >= 4 is 0 Å². The summed E-state index contributed by atoms with van der Waals surface area (Å²) in [4.78, 5) is 0. The van der Waals surface area contributed by atoms with Crippen LogP contribution < -0.4 is 4.74 Å². The van der Waals surface area contributed by atoms with Crippen molar-refractivity contribution in [3.63, 3.8) is 0 Å².